The van der Waals surface area contributed by atoms with Crippen LogP contribution in [0.15, 0.2) is 5.16 Å². The molecule has 1 aromatic rings. The summed E-state index contributed by atoms with van der Waals surface area (Å²) in [5.74, 6) is 1.57. The van der Waals surface area contributed by atoms with Crippen molar-refractivity contribution in [1.82, 2.24) is 14.8 Å². The van der Waals surface area contributed by atoms with Gasteiger partial charge in [-0.15, -0.1) is 10.2 Å². The number of carboxylic acid groups (broad SMARTS) is 1. The van der Waals surface area contributed by atoms with E-state index in [0.29, 0.717) is 5.16 Å². The molecule has 0 saturated heterocycles. The molecule has 7 heteroatoms. The Kier molecular flexibility index (Phi) is 4.34. The maximum atomic E-state index is 10.6. The van der Waals surface area contributed by atoms with E-state index in [-0.39, 0.29) is 5.75 Å². The molecule has 2 atom stereocenters. The van der Waals surface area contributed by atoms with Crippen molar-refractivity contribution in [2.45, 2.75) is 32.0 Å². The molecule has 2 rings (SSSR count). The molecule has 1 saturated carbocycles. The van der Waals surface area contributed by atoms with Crippen LogP contribution in [0.4, 0.5) is 5.95 Å². The summed E-state index contributed by atoms with van der Waals surface area (Å²) in [7, 11) is 2.02. The smallest absolute Gasteiger partial charge is 0.313 e. The molecular formula is C12H20N4O2S. The summed E-state index contributed by atoms with van der Waals surface area (Å²) in [6, 6.07) is 0. The topological polar surface area (TPSA) is 71.2 Å². The monoisotopic (exact) mass is 284 g/mol. The van der Waals surface area contributed by atoms with Gasteiger partial charge in [0.25, 0.3) is 0 Å². The molecule has 0 amide bonds. The summed E-state index contributed by atoms with van der Waals surface area (Å²) in [4.78, 5) is 12.7. The van der Waals surface area contributed by atoms with Gasteiger partial charge in [0.1, 0.15) is 0 Å². The standard InChI is InChI=1S/C12H20N4O2S/c1-4-16-11(15(3)6-9-5-8(9)2)13-14-12(16)19-7-10(17)18/h8-9H,4-7H2,1-3H3,(H,17,18). The second kappa shape index (κ2) is 5.81. The first-order chi connectivity index (χ1) is 9.02. The van der Waals surface area contributed by atoms with Gasteiger partial charge in [-0.1, -0.05) is 18.7 Å². The molecule has 1 aliphatic rings. The third kappa shape index (κ3) is 3.40. The molecule has 0 aliphatic heterocycles. The van der Waals surface area contributed by atoms with Crippen LogP contribution in [-0.2, 0) is 11.3 Å². The molecule has 1 heterocycles. The van der Waals surface area contributed by atoms with Gasteiger partial charge in [-0.25, -0.2) is 0 Å². The first-order valence-electron chi connectivity index (χ1n) is 6.51. The van der Waals surface area contributed by atoms with Gasteiger partial charge in [0.05, 0.1) is 5.75 Å². The summed E-state index contributed by atoms with van der Waals surface area (Å²) in [5, 5.41) is 17.7. The van der Waals surface area contributed by atoms with Crippen molar-refractivity contribution in [2.75, 3.05) is 24.2 Å². The molecule has 1 fully saturated rings. The maximum absolute atomic E-state index is 10.6. The minimum absolute atomic E-state index is 0.0154. The normalized spacial score (nSPS) is 21.4. The highest BCUT2D eigenvalue weighted by molar-refractivity contribution is 7.99. The van der Waals surface area contributed by atoms with E-state index in [9.17, 15) is 4.79 Å². The lowest BCUT2D eigenvalue weighted by Crippen LogP contribution is -2.24. The SMILES string of the molecule is CCn1c(SCC(=O)O)nnc1N(C)CC1CC1C. The Morgan fingerprint density at radius 2 is 2.26 bits per heavy atom. The molecule has 0 radical (unpaired) electrons. The van der Waals surface area contributed by atoms with Crippen LogP contribution in [0, 0.1) is 11.8 Å². The summed E-state index contributed by atoms with van der Waals surface area (Å²) >= 11 is 1.22. The quantitative estimate of drug-likeness (QED) is 0.766. The Morgan fingerprint density at radius 1 is 1.58 bits per heavy atom. The van der Waals surface area contributed by atoms with Crippen molar-refractivity contribution in [3.8, 4) is 0 Å². The average molecular weight is 284 g/mol. The summed E-state index contributed by atoms with van der Waals surface area (Å²) < 4.78 is 1.97. The third-order valence-corrected chi connectivity index (χ3v) is 4.42. The highest BCUT2D eigenvalue weighted by Crippen LogP contribution is 2.38. The minimum Gasteiger partial charge on any atom is -0.481 e. The fourth-order valence-corrected chi connectivity index (χ4v) is 2.88. The minimum atomic E-state index is -0.836. The van der Waals surface area contributed by atoms with Crippen molar-refractivity contribution in [3.63, 3.8) is 0 Å². The zero-order valence-electron chi connectivity index (χ0n) is 11.5. The molecule has 0 bridgehead atoms. The van der Waals surface area contributed by atoms with E-state index in [1.165, 1.54) is 18.2 Å². The zero-order valence-corrected chi connectivity index (χ0v) is 12.4. The molecule has 19 heavy (non-hydrogen) atoms. The second-order valence-electron chi connectivity index (χ2n) is 5.06. The number of rotatable bonds is 7. The number of nitrogens with zero attached hydrogens (tertiary/aromatic N) is 4. The largest absolute Gasteiger partial charge is 0.481 e. The van der Waals surface area contributed by atoms with Gasteiger partial charge in [0, 0.05) is 20.1 Å². The van der Waals surface area contributed by atoms with Gasteiger partial charge in [-0.05, 0) is 25.2 Å². The van der Waals surface area contributed by atoms with Gasteiger partial charge in [-0.2, -0.15) is 0 Å². The Hall–Kier alpha value is -1.24. The average Bonchev–Trinajstić information content (AvgIpc) is 2.91. The number of aliphatic carboxylic acids is 1. The van der Waals surface area contributed by atoms with Crippen molar-refractivity contribution in [3.05, 3.63) is 0 Å². The molecule has 1 aliphatic carbocycles. The van der Waals surface area contributed by atoms with Gasteiger partial charge in [0.2, 0.25) is 5.95 Å². The lowest BCUT2D eigenvalue weighted by Gasteiger charge is -2.18. The summed E-state index contributed by atoms with van der Waals surface area (Å²) in [6.07, 6.45) is 1.28. The van der Waals surface area contributed by atoms with Gasteiger partial charge >= 0.3 is 5.97 Å². The van der Waals surface area contributed by atoms with Gasteiger partial charge < -0.3 is 10.0 Å². The lowest BCUT2D eigenvalue weighted by molar-refractivity contribution is -0.133. The fraction of sp³-hybridized carbons (Fsp3) is 0.750. The molecule has 6 nitrogen and oxygen atoms in total. The van der Waals surface area contributed by atoms with E-state index in [1.807, 2.05) is 18.5 Å². The predicted octanol–water partition coefficient (Wildman–Crippen LogP) is 1.57. The number of carboxylic acids is 1. The second-order valence-corrected chi connectivity index (χ2v) is 6.01. The molecule has 1 N–H and O–H groups in total. The number of thioether (sulfide) groups is 1. The molecule has 106 valence electrons. The highest BCUT2D eigenvalue weighted by atomic mass is 32.2. The van der Waals surface area contributed by atoms with Crippen LogP contribution in [0.25, 0.3) is 0 Å². The predicted molar refractivity (Wildman–Crippen MR) is 74.6 cm³/mol. The van der Waals surface area contributed by atoms with Crippen molar-refractivity contribution in [1.29, 1.82) is 0 Å². The first kappa shape index (κ1) is 14.2. The molecule has 0 aromatic carbocycles. The Labute approximate surface area is 117 Å². The summed E-state index contributed by atoms with van der Waals surface area (Å²) in [5.41, 5.74) is 0. The van der Waals surface area contributed by atoms with Crippen LogP contribution in [-0.4, -0.2) is 45.2 Å². The number of hydrogen-bond donors (Lipinski definition) is 1. The summed E-state index contributed by atoms with van der Waals surface area (Å²) in [6.45, 7) is 6.01. The number of hydrogen-bond acceptors (Lipinski definition) is 5. The molecular weight excluding hydrogens is 264 g/mol. The van der Waals surface area contributed by atoms with E-state index in [2.05, 4.69) is 22.0 Å². The third-order valence-electron chi connectivity index (χ3n) is 3.46. The van der Waals surface area contributed by atoms with Crippen LogP contribution in [0.1, 0.15) is 20.3 Å². The Bertz CT molecular complexity index is 463. The van der Waals surface area contributed by atoms with Crippen LogP contribution in [0.3, 0.4) is 0 Å². The number of aromatic nitrogens is 3. The highest BCUT2D eigenvalue weighted by Gasteiger charge is 2.34. The Morgan fingerprint density at radius 3 is 2.79 bits per heavy atom. The Balaban J connectivity index is 2.05. The van der Waals surface area contributed by atoms with Gasteiger partial charge in [0.15, 0.2) is 5.16 Å². The van der Waals surface area contributed by atoms with E-state index in [4.69, 9.17) is 5.11 Å². The maximum Gasteiger partial charge on any atom is 0.313 e. The molecule has 1 aromatic heterocycles. The van der Waals surface area contributed by atoms with Crippen LogP contribution in [0.2, 0.25) is 0 Å². The molecule has 2 unspecified atom stereocenters. The van der Waals surface area contributed by atoms with Crippen LogP contribution in [0.5, 0.6) is 0 Å². The fourth-order valence-electron chi connectivity index (χ4n) is 2.16. The first-order valence-corrected chi connectivity index (χ1v) is 7.50. The van der Waals surface area contributed by atoms with E-state index < -0.39 is 5.97 Å². The van der Waals surface area contributed by atoms with E-state index >= 15 is 0 Å². The van der Waals surface area contributed by atoms with Crippen molar-refractivity contribution >= 4 is 23.7 Å². The van der Waals surface area contributed by atoms with Crippen molar-refractivity contribution in [2.24, 2.45) is 11.8 Å². The van der Waals surface area contributed by atoms with Crippen LogP contribution < -0.4 is 4.90 Å². The number of anilines is 1. The molecule has 0 spiro atoms. The van der Waals surface area contributed by atoms with E-state index in [1.54, 1.807) is 0 Å². The van der Waals surface area contributed by atoms with E-state index in [0.717, 1.165) is 30.9 Å². The zero-order chi connectivity index (χ0) is 14.0. The lowest BCUT2D eigenvalue weighted by atomic mass is 10.3. The van der Waals surface area contributed by atoms with Crippen molar-refractivity contribution < 1.29 is 9.90 Å². The van der Waals surface area contributed by atoms with Crippen LogP contribution >= 0.6 is 11.8 Å². The van der Waals surface area contributed by atoms with Gasteiger partial charge in [-0.3, -0.25) is 9.36 Å². The number of carbonyl (C=O) groups is 1.